The fourth-order valence-corrected chi connectivity index (χ4v) is 1.15. The van der Waals surface area contributed by atoms with E-state index in [0.29, 0.717) is 0 Å². The van der Waals surface area contributed by atoms with Gasteiger partial charge in [-0.3, -0.25) is 0 Å². The van der Waals surface area contributed by atoms with E-state index < -0.39 is 0 Å². The first kappa shape index (κ1) is 11.5. The summed E-state index contributed by atoms with van der Waals surface area (Å²) in [5.74, 6) is 0.766. The quantitative estimate of drug-likeness (QED) is 0.533. The van der Waals surface area contributed by atoms with Crippen molar-refractivity contribution >= 4 is 0 Å². The van der Waals surface area contributed by atoms with Crippen LogP contribution in [-0.2, 0) is 0 Å². The average molecular weight is 166 g/mol. The van der Waals surface area contributed by atoms with Crippen molar-refractivity contribution in [3.8, 4) is 0 Å². The Morgan fingerprint density at radius 1 is 1.33 bits per heavy atom. The van der Waals surface area contributed by atoms with Crippen LogP contribution in [0.15, 0.2) is 23.8 Å². The zero-order chi connectivity index (χ0) is 9.40. The summed E-state index contributed by atoms with van der Waals surface area (Å²) in [6.07, 6.45) is 10.4. The van der Waals surface area contributed by atoms with E-state index in [1.807, 2.05) is 0 Å². The Morgan fingerprint density at radius 3 is 2.42 bits per heavy atom. The molecule has 0 amide bonds. The highest BCUT2D eigenvalue weighted by Crippen LogP contribution is 2.12. The number of allylic oxidation sites excluding steroid dienone is 4. The molecule has 0 unspecified atom stereocenters. The molecule has 0 rings (SSSR count). The lowest BCUT2D eigenvalue weighted by Crippen LogP contribution is -1.88. The fraction of sp³-hybridized carbons (Fsp3) is 0.667. The molecule has 0 aromatic carbocycles. The second-order valence-corrected chi connectivity index (χ2v) is 3.65. The molecule has 0 atom stereocenters. The summed E-state index contributed by atoms with van der Waals surface area (Å²) in [4.78, 5) is 0. The van der Waals surface area contributed by atoms with Gasteiger partial charge in [0.2, 0.25) is 0 Å². The minimum atomic E-state index is 0.766. The lowest BCUT2D eigenvalue weighted by molar-refractivity contribution is 0.649. The molecule has 0 fully saturated rings. The third-order valence-electron chi connectivity index (χ3n) is 1.80. The van der Waals surface area contributed by atoms with E-state index in [0.717, 1.165) is 5.92 Å². The van der Waals surface area contributed by atoms with Gasteiger partial charge in [0, 0.05) is 0 Å². The molecule has 12 heavy (non-hydrogen) atoms. The van der Waals surface area contributed by atoms with Crippen LogP contribution in [0.5, 0.6) is 0 Å². The smallest absolute Gasteiger partial charge is 0.0259 e. The first-order chi connectivity index (χ1) is 5.70. The Balaban J connectivity index is 3.84. The van der Waals surface area contributed by atoms with Gasteiger partial charge in [-0.05, 0) is 25.7 Å². The molecular weight excluding hydrogens is 144 g/mol. The normalized spacial score (nSPS) is 13.2. The molecule has 0 aromatic heterocycles. The van der Waals surface area contributed by atoms with Crippen LogP contribution in [0.4, 0.5) is 0 Å². The van der Waals surface area contributed by atoms with Crippen LogP contribution >= 0.6 is 0 Å². The largest absolute Gasteiger partial charge is 0.0844 e. The SMILES string of the molecule is CC=C(C=CCCC)CC(C)C. The van der Waals surface area contributed by atoms with E-state index in [2.05, 4.69) is 45.9 Å². The van der Waals surface area contributed by atoms with Crippen LogP contribution in [0, 0.1) is 5.92 Å². The van der Waals surface area contributed by atoms with Crippen molar-refractivity contribution < 1.29 is 0 Å². The van der Waals surface area contributed by atoms with Crippen molar-refractivity contribution in [3.05, 3.63) is 23.8 Å². The van der Waals surface area contributed by atoms with Crippen molar-refractivity contribution in [1.29, 1.82) is 0 Å². The average Bonchev–Trinajstić information content (AvgIpc) is 2.02. The van der Waals surface area contributed by atoms with Crippen molar-refractivity contribution in [2.45, 2.75) is 47.0 Å². The van der Waals surface area contributed by atoms with Crippen LogP contribution in [0.2, 0.25) is 0 Å². The highest BCUT2D eigenvalue weighted by molar-refractivity contribution is 5.17. The second kappa shape index (κ2) is 7.15. The summed E-state index contributed by atoms with van der Waals surface area (Å²) < 4.78 is 0. The minimum absolute atomic E-state index is 0.766. The Morgan fingerprint density at radius 2 is 2.00 bits per heavy atom. The lowest BCUT2D eigenvalue weighted by Gasteiger charge is -2.04. The van der Waals surface area contributed by atoms with E-state index in [9.17, 15) is 0 Å². The predicted molar refractivity (Wildman–Crippen MR) is 57.3 cm³/mol. The van der Waals surface area contributed by atoms with Gasteiger partial charge < -0.3 is 0 Å². The second-order valence-electron chi connectivity index (χ2n) is 3.65. The maximum atomic E-state index is 2.28. The molecule has 0 N–H and O–H groups in total. The van der Waals surface area contributed by atoms with E-state index >= 15 is 0 Å². The zero-order valence-corrected chi connectivity index (χ0v) is 8.93. The number of hydrogen-bond acceptors (Lipinski definition) is 0. The molecule has 0 spiro atoms. The molecular formula is C12H22. The summed E-state index contributed by atoms with van der Waals surface area (Å²) in [5, 5.41) is 0. The maximum Gasteiger partial charge on any atom is -0.0259 e. The molecule has 0 nitrogen and oxygen atoms in total. The van der Waals surface area contributed by atoms with Gasteiger partial charge in [0.1, 0.15) is 0 Å². The molecule has 0 heterocycles. The summed E-state index contributed by atoms with van der Waals surface area (Å²) in [6, 6.07) is 0. The van der Waals surface area contributed by atoms with Crippen molar-refractivity contribution in [1.82, 2.24) is 0 Å². The van der Waals surface area contributed by atoms with Gasteiger partial charge in [0.15, 0.2) is 0 Å². The van der Waals surface area contributed by atoms with Gasteiger partial charge in [-0.25, -0.2) is 0 Å². The summed E-state index contributed by atoms with van der Waals surface area (Å²) in [7, 11) is 0. The van der Waals surface area contributed by atoms with Crippen LogP contribution in [0.1, 0.15) is 47.0 Å². The minimum Gasteiger partial charge on any atom is -0.0844 e. The molecule has 0 aliphatic heterocycles. The maximum absolute atomic E-state index is 2.28. The molecule has 0 radical (unpaired) electrons. The topological polar surface area (TPSA) is 0 Å². The van der Waals surface area contributed by atoms with Crippen LogP contribution in [0.25, 0.3) is 0 Å². The fourth-order valence-electron chi connectivity index (χ4n) is 1.15. The summed E-state index contributed by atoms with van der Waals surface area (Å²) in [6.45, 7) is 8.85. The van der Waals surface area contributed by atoms with Crippen LogP contribution < -0.4 is 0 Å². The van der Waals surface area contributed by atoms with Crippen molar-refractivity contribution in [3.63, 3.8) is 0 Å². The number of unbranched alkanes of at least 4 members (excludes halogenated alkanes) is 1. The molecule has 0 aliphatic carbocycles. The van der Waals surface area contributed by atoms with E-state index in [-0.39, 0.29) is 0 Å². The van der Waals surface area contributed by atoms with Crippen LogP contribution in [0.3, 0.4) is 0 Å². The first-order valence-corrected chi connectivity index (χ1v) is 5.02. The predicted octanol–water partition coefficient (Wildman–Crippen LogP) is 4.34. The van der Waals surface area contributed by atoms with Gasteiger partial charge in [-0.1, -0.05) is 51.0 Å². The monoisotopic (exact) mass is 166 g/mol. The molecule has 0 aliphatic rings. The summed E-state index contributed by atoms with van der Waals surface area (Å²) >= 11 is 0. The Labute approximate surface area is 77.4 Å². The Hall–Kier alpha value is -0.520. The highest BCUT2D eigenvalue weighted by atomic mass is 14.0. The molecule has 70 valence electrons. The van der Waals surface area contributed by atoms with E-state index in [4.69, 9.17) is 0 Å². The van der Waals surface area contributed by atoms with Gasteiger partial charge in [0.05, 0.1) is 0 Å². The first-order valence-electron chi connectivity index (χ1n) is 5.02. The molecule has 0 saturated carbocycles. The van der Waals surface area contributed by atoms with E-state index in [1.54, 1.807) is 0 Å². The van der Waals surface area contributed by atoms with Gasteiger partial charge >= 0.3 is 0 Å². The molecule has 0 heteroatoms. The molecule has 0 bridgehead atoms. The third kappa shape index (κ3) is 6.21. The lowest BCUT2D eigenvalue weighted by atomic mass is 10.0. The van der Waals surface area contributed by atoms with Crippen molar-refractivity contribution in [2.75, 3.05) is 0 Å². The summed E-state index contributed by atoms with van der Waals surface area (Å²) in [5.41, 5.74) is 1.47. The van der Waals surface area contributed by atoms with Crippen LogP contribution in [-0.4, -0.2) is 0 Å². The number of rotatable bonds is 5. The Kier molecular flexibility index (Phi) is 6.84. The highest BCUT2D eigenvalue weighted by Gasteiger charge is 1.95. The third-order valence-corrected chi connectivity index (χ3v) is 1.80. The van der Waals surface area contributed by atoms with Gasteiger partial charge in [-0.2, -0.15) is 0 Å². The van der Waals surface area contributed by atoms with Gasteiger partial charge in [-0.15, -0.1) is 0 Å². The zero-order valence-electron chi connectivity index (χ0n) is 8.93. The van der Waals surface area contributed by atoms with Crippen molar-refractivity contribution in [2.24, 2.45) is 5.92 Å². The Bertz CT molecular complexity index is 149. The molecule has 0 saturated heterocycles. The number of hydrogen-bond donors (Lipinski definition) is 0. The van der Waals surface area contributed by atoms with E-state index in [1.165, 1.54) is 24.8 Å². The standard InChI is InChI=1S/C12H22/c1-5-7-8-9-12(6-2)10-11(3)4/h6,8-9,11H,5,7,10H2,1-4H3. The van der Waals surface area contributed by atoms with Gasteiger partial charge in [0.25, 0.3) is 0 Å². The molecule has 0 aromatic rings.